The van der Waals surface area contributed by atoms with Crippen LogP contribution >= 0.6 is 0 Å². The zero-order valence-electron chi connectivity index (χ0n) is 10.2. The molecule has 0 saturated carbocycles. The van der Waals surface area contributed by atoms with Gasteiger partial charge in [0.25, 0.3) is 13.1 Å². The van der Waals surface area contributed by atoms with Gasteiger partial charge in [0.15, 0.2) is 0 Å². The van der Waals surface area contributed by atoms with Crippen molar-refractivity contribution >= 4 is 5.97 Å². The lowest BCUT2D eigenvalue weighted by molar-refractivity contribution is -0.137. The van der Waals surface area contributed by atoms with Crippen molar-refractivity contribution in [1.29, 1.82) is 0 Å². The Kier molecular flexibility index (Phi) is 11.2. The number of hydrogen-bond donors (Lipinski definition) is 1. The molecule has 16 heavy (non-hydrogen) atoms. The molecule has 0 heterocycles. The lowest BCUT2D eigenvalue weighted by Crippen LogP contribution is -1.93. The van der Waals surface area contributed by atoms with Crippen molar-refractivity contribution in [3.8, 4) is 6.57 Å². The normalized spacial score (nSPS) is 9.94. The number of rotatable bonds is 11. The molecule has 0 bridgehead atoms. The van der Waals surface area contributed by atoms with Crippen LogP contribution in [0.1, 0.15) is 64.2 Å². The van der Waals surface area contributed by atoms with E-state index in [0.29, 0.717) is 6.42 Å². The fourth-order valence-electron chi connectivity index (χ4n) is 1.72. The summed E-state index contributed by atoms with van der Waals surface area (Å²) in [5, 5.41) is 8.44. The van der Waals surface area contributed by atoms with Crippen molar-refractivity contribution < 1.29 is 9.90 Å². The van der Waals surface area contributed by atoms with E-state index in [1.54, 1.807) is 0 Å². The van der Waals surface area contributed by atoms with Gasteiger partial charge in [0.2, 0.25) is 0 Å². The van der Waals surface area contributed by atoms with Crippen LogP contribution in [0.4, 0.5) is 0 Å². The van der Waals surface area contributed by atoms with E-state index in [4.69, 9.17) is 11.7 Å². The van der Waals surface area contributed by atoms with Gasteiger partial charge in [0, 0.05) is 12.8 Å². The Morgan fingerprint density at radius 3 is 1.75 bits per heavy atom. The molecule has 0 atom stereocenters. The van der Waals surface area contributed by atoms with E-state index in [-0.39, 0.29) is 0 Å². The van der Waals surface area contributed by atoms with Crippen LogP contribution in [0.15, 0.2) is 0 Å². The van der Waals surface area contributed by atoms with Gasteiger partial charge >= 0.3 is 5.97 Å². The molecule has 0 radical (unpaired) electrons. The summed E-state index contributed by atoms with van der Waals surface area (Å²) in [6.45, 7) is 5.83. The fourth-order valence-corrected chi connectivity index (χ4v) is 1.72. The molecule has 0 aromatic heterocycles. The van der Waals surface area contributed by atoms with Crippen LogP contribution in [-0.2, 0) is 4.79 Å². The van der Waals surface area contributed by atoms with Gasteiger partial charge in [-0.3, -0.25) is 4.79 Å². The predicted molar refractivity (Wildman–Crippen MR) is 67.0 cm³/mol. The van der Waals surface area contributed by atoms with E-state index in [2.05, 4.69) is 4.85 Å². The van der Waals surface area contributed by atoms with Crippen LogP contribution < -0.4 is 0 Å². The summed E-state index contributed by atoms with van der Waals surface area (Å²) in [6, 6.07) is 0. The molecule has 0 rings (SSSR count). The van der Waals surface area contributed by atoms with Gasteiger partial charge in [-0.25, -0.2) is 0 Å². The number of aliphatic carboxylic acids is 1. The summed E-state index contributed by atoms with van der Waals surface area (Å²) < 4.78 is 0. The molecule has 1 N–H and O–H groups in total. The molecule has 0 aromatic carbocycles. The zero-order valence-corrected chi connectivity index (χ0v) is 10.2. The summed E-state index contributed by atoms with van der Waals surface area (Å²) in [7, 11) is 0. The average Bonchev–Trinajstić information content (AvgIpc) is 2.25. The molecule has 0 unspecified atom stereocenters. The molecule has 0 aromatic rings. The molecule has 0 aliphatic carbocycles. The smallest absolute Gasteiger partial charge is 0.303 e. The van der Waals surface area contributed by atoms with Gasteiger partial charge in [-0.05, 0) is 12.8 Å². The molecular formula is C13H24NO2+. The largest absolute Gasteiger partial charge is 0.481 e. The van der Waals surface area contributed by atoms with Crippen molar-refractivity contribution in [3.05, 3.63) is 4.85 Å². The molecule has 92 valence electrons. The number of nitrogens with zero attached hydrogens (tertiary/aromatic N) is 1. The van der Waals surface area contributed by atoms with Crippen molar-refractivity contribution in [2.45, 2.75) is 64.2 Å². The van der Waals surface area contributed by atoms with E-state index in [1.165, 1.54) is 38.5 Å². The summed E-state index contributed by atoms with van der Waals surface area (Å²) in [5.74, 6) is -0.676. The molecule has 3 nitrogen and oxygen atoms in total. The zero-order chi connectivity index (χ0) is 12.1. The van der Waals surface area contributed by atoms with E-state index >= 15 is 0 Å². The van der Waals surface area contributed by atoms with Crippen LogP contribution in [0.25, 0.3) is 4.85 Å². The van der Waals surface area contributed by atoms with E-state index in [0.717, 1.165) is 25.8 Å². The highest BCUT2D eigenvalue weighted by Gasteiger charge is 1.97. The molecule has 0 aliphatic rings. The minimum Gasteiger partial charge on any atom is -0.481 e. The number of hydrogen-bond acceptors (Lipinski definition) is 1. The summed E-state index contributed by atoms with van der Waals surface area (Å²) in [5.41, 5.74) is 0. The Bertz CT molecular complexity index is 208. The second-order valence-electron chi connectivity index (χ2n) is 4.23. The second kappa shape index (κ2) is 12.0. The first-order valence-electron chi connectivity index (χ1n) is 6.36. The minimum absolute atomic E-state index is 0.322. The van der Waals surface area contributed by atoms with E-state index in [1.807, 2.05) is 0 Å². The maximum absolute atomic E-state index is 10.2. The van der Waals surface area contributed by atoms with Gasteiger partial charge in [-0.2, -0.15) is 0 Å². The summed E-state index contributed by atoms with van der Waals surface area (Å²) in [6.07, 6.45) is 10.8. The van der Waals surface area contributed by atoms with Gasteiger partial charge < -0.3 is 5.11 Å². The molecule has 0 amide bonds. The Labute approximate surface area is 98.7 Å². The lowest BCUT2D eigenvalue weighted by atomic mass is 10.1. The number of carboxylic acid groups (broad SMARTS) is 1. The second-order valence-corrected chi connectivity index (χ2v) is 4.23. The third kappa shape index (κ3) is 13.0. The van der Waals surface area contributed by atoms with Crippen LogP contribution in [0.3, 0.4) is 0 Å². The van der Waals surface area contributed by atoms with Gasteiger partial charge in [0.1, 0.15) is 0 Å². The topological polar surface area (TPSA) is 41.7 Å². The average molecular weight is 226 g/mol. The third-order valence-electron chi connectivity index (χ3n) is 2.68. The van der Waals surface area contributed by atoms with Gasteiger partial charge in [0.05, 0.1) is 0 Å². The Balaban J connectivity index is 2.94. The van der Waals surface area contributed by atoms with Gasteiger partial charge in [-0.1, -0.05) is 43.4 Å². The molecular weight excluding hydrogens is 202 g/mol. The summed E-state index contributed by atoms with van der Waals surface area (Å²) >= 11 is 0. The van der Waals surface area contributed by atoms with Crippen molar-refractivity contribution in [2.75, 3.05) is 6.54 Å². The molecule has 0 fully saturated rings. The van der Waals surface area contributed by atoms with Gasteiger partial charge in [-0.15, -0.1) is 0 Å². The first kappa shape index (κ1) is 15.0. The molecule has 3 heteroatoms. The monoisotopic (exact) mass is 226 g/mol. The Hall–Kier alpha value is -1.04. The SMILES string of the molecule is C#[N+]CCCCCCCCCCCC(=O)O. The van der Waals surface area contributed by atoms with E-state index < -0.39 is 5.97 Å². The first-order chi connectivity index (χ1) is 7.77. The summed E-state index contributed by atoms with van der Waals surface area (Å²) in [4.78, 5) is 13.8. The molecule has 0 spiro atoms. The van der Waals surface area contributed by atoms with Crippen LogP contribution in [-0.4, -0.2) is 17.6 Å². The molecule has 0 aliphatic heterocycles. The van der Waals surface area contributed by atoms with Crippen molar-refractivity contribution in [1.82, 2.24) is 0 Å². The van der Waals surface area contributed by atoms with E-state index in [9.17, 15) is 4.79 Å². The fraction of sp³-hybridized carbons (Fsp3) is 0.846. The van der Waals surface area contributed by atoms with Crippen LogP contribution in [0, 0.1) is 6.57 Å². The number of carboxylic acids is 1. The highest BCUT2D eigenvalue weighted by atomic mass is 16.4. The van der Waals surface area contributed by atoms with Crippen LogP contribution in [0.5, 0.6) is 0 Å². The maximum Gasteiger partial charge on any atom is 0.303 e. The minimum atomic E-state index is -0.676. The van der Waals surface area contributed by atoms with Crippen molar-refractivity contribution in [3.63, 3.8) is 0 Å². The predicted octanol–water partition coefficient (Wildman–Crippen LogP) is 3.93. The standard InChI is InChI=1S/C13H23NO2/c1-14-12-10-8-6-4-2-3-5-7-9-11-13(15)16/h1H,2-12H2/p+1. The lowest BCUT2D eigenvalue weighted by Gasteiger charge is -2.00. The maximum atomic E-state index is 10.2. The highest BCUT2D eigenvalue weighted by molar-refractivity contribution is 5.66. The Morgan fingerprint density at radius 2 is 1.31 bits per heavy atom. The van der Waals surface area contributed by atoms with Crippen molar-refractivity contribution in [2.24, 2.45) is 0 Å². The quantitative estimate of drug-likeness (QED) is 0.542. The Morgan fingerprint density at radius 1 is 0.875 bits per heavy atom. The van der Waals surface area contributed by atoms with Crippen LogP contribution in [0.2, 0.25) is 0 Å². The first-order valence-corrected chi connectivity index (χ1v) is 6.36. The number of carbonyl (C=O) groups is 1. The number of unbranched alkanes of at least 4 members (excludes halogenated alkanes) is 8. The molecule has 0 saturated heterocycles. The third-order valence-corrected chi connectivity index (χ3v) is 2.68. The highest BCUT2D eigenvalue weighted by Crippen LogP contribution is 2.10.